The van der Waals surface area contributed by atoms with E-state index >= 15 is 0 Å². The number of pyridine rings is 1. The van der Waals surface area contributed by atoms with Crippen LogP contribution in [-0.4, -0.2) is 24.1 Å². The van der Waals surface area contributed by atoms with Crippen LogP contribution in [0.3, 0.4) is 0 Å². The number of anilines is 1. The Morgan fingerprint density at radius 1 is 1.44 bits per heavy atom. The van der Waals surface area contributed by atoms with Gasteiger partial charge in [0.05, 0.1) is 0 Å². The van der Waals surface area contributed by atoms with Crippen molar-refractivity contribution < 1.29 is 0 Å². The maximum atomic E-state index is 4.54. The van der Waals surface area contributed by atoms with Crippen molar-refractivity contribution in [3.63, 3.8) is 0 Å². The van der Waals surface area contributed by atoms with Crippen LogP contribution in [0.4, 0.5) is 5.82 Å². The molecule has 2 heterocycles. The molecule has 0 radical (unpaired) electrons. The molecule has 1 fully saturated rings. The van der Waals surface area contributed by atoms with Crippen LogP contribution in [0.1, 0.15) is 45.1 Å². The summed E-state index contributed by atoms with van der Waals surface area (Å²) in [6, 6.07) is 4.98. The van der Waals surface area contributed by atoms with E-state index in [1.54, 1.807) is 0 Å². The summed E-state index contributed by atoms with van der Waals surface area (Å²) in [6.45, 7) is 7.69. The highest BCUT2D eigenvalue weighted by atomic mass is 15.2. The van der Waals surface area contributed by atoms with Crippen LogP contribution in [0.25, 0.3) is 0 Å². The molecule has 1 N–H and O–H groups in total. The first-order valence-electron chi connectivity index (χ1n) is 7.23. The fourth-order valence-electron chi connectivity index (χ4n) is 2.58. The van der Waals surface area contributed by atoms with Gasteiger partial charge in [-0.3, -0.25) is 0 Å². The summed E-state index contributed by atoms with van der Waals surface area (Å²) >= 11 is 0. The molecule has 3 nitrogen and oxygen atoms in total. The lowest BCUT2D eigenvalue weighted by Crippen LogP contribution is -2.38. The third kappa shape index (κ3) is 3.45. The molecule has 2 rings (SSSR count). The van der Waals surface area contributed by atoms with Gasteiger partial charge in [-0.25, -0.2) is 4.98 Å². The van der Waals surface area contributed by atoms with E-state index < -0.39 is 0 Å². The molecule has 1 aliphatic heterocycles. The molecule has 1 aliphatic rings. The molecule has 1 atom stereocenters. The molecule has 0 aliphatic carbocycles. The molecule has 1 saturated heterocycles. The SMILES string of the molecule is CCCNCc1ccnc(N2CCCCC2C)c1. The zero-order chi connectivity index (χ0) is 12.8. The predicted octanol–water partition coefficient (Wildman–Crippen LogP) is 2.96. The minimum Gasteiger partial charge on any atom is -0.354 e. The Balaban J connectivity index is 2.01. The second kappa shape index (κ2) is 6.74. The number of hydrogen-bond donors (Lipinski definition) is 1. The first-order valence-corrected chi connectivity index (χ1v) is 7.23. The van der Waals surface area contributed by atoms with E-state index in [2.05, 4.69) is 41.2 Å². The fraction of sp³-hybridized carbons (Fsp3) is 0.667. The van der Waals surface area contributed by atoms with Crippen molar-refractivity contribution in [2.75, 3.05) is 18.0 Å². The van der Waals surface area contributed by atoms with Crippen LogP contribution < -0.4 is 10.2 Å². The normalized spacial score (nSPS) is 20.1. The van der Waals surface area contributed by atoms with Gasteiger partial charge in [0.15, 0.2) is 0 Å². The molecule has 3 heteroatoms. The molecule has 0 spiro atoms. The average molecular weight is 247 g/mol. The third-order valence-electron chi connectivity index (χ3n) is 3.66. The largest absolute Gasteiger partial charge is 0.354 e. The zero-order valence-corrected chi connectivity index (χ0v) is 11.7. The Kier molecular flexibility index (Phi) is 5.00. The lowest BCUT2D eigenvalue weighted by Gasteiger charge is -2.34. The molecule has 1 unspecified atom stereocenters. The van der Waals surface area contributed by atoms with Gasteiger partial charge in [-0.1, -0.05) is 6.92 Å². The minimum atomic E-state index is 0.630. The summed E-state index contributed by atoms with van der Waals surface area (Å²) in [4.78, 5) is 6.99. The Bertz CT molecular complexity index is 365. The van der Waals surface area contributed by atoms with Crippen LogP contribution in [0.5, 0.6) is 0 Å². The molecule has 0 aromatic carbocycles. The fourth-order valence-corrected chi connectivity index (χ4v) is 2.58. The minimum absolute atomic E-state index is 0.630. The van der Waals surface area contributed by atoms with Crippen molar-refractivity contribution in [2.45, 2.75) is 52.1 Å². The van der Waals surface area contributed by atoms with Gasteiger partial charge < -0.3 is 10.2 Å². The number of rotatable bonds is 5. The predicted molar refractivity (Wildman–Crippen MR) is 76.9 cm³/mol. The quantitative estimate of drug-likeness (QED) is 0.811. The molecular formula is C15H25N3. The Morgan fingerprint density at radius 2 is 2.33 bits per heavy atom. The van der Waals surface area contributed by atoms with Crippen LogP contribution in [0.2, 0.25) is 0 Å². The Hall–Kier alpha value is -1.09. The van der Waals surface area contributed by atoms with Gasteiger partial charge in [0.2, 0.25) is 0 Å². The molecule has 1 aromatic rings. The maximum Gasteiger partial charge on any atom is 0.129 e. The number of hydrogen-bond acceptors (Lipinski definition) is 3. The van der Waals surface area contributed by atoms with E-state index in [1.807, 2.05) is 6.20 Å². The van der Waals surface area contributed by atoms with Crippen LogP contribution in [0, 0.1) is 0 Å². The summed E-state index contributed by atoms with van der Waals surface area (Å²) in [5.41, 5.74) is 1.34. The molecule has 0 bridgehead atoms. The van der Waals surface area contributed by atoms with E-state index in [0.29, 0.717) is 6.04 Å². The van der Waals surface area contributed by atoms with Crippen molar-refractivity contribution in [2.24, 2.45) is 0 Å². The average Bonchev–Trinajstić information content (AvgIpc) is 2.40. The molecular weight excluding hydrogens is 222 g/mol. The summed E-state index contributed by atoms with van der Waals surface area (Å²) < 4.78 is 0. The number of piperidine rings is 1. The van der Waals surface area contributed by atoms with Gasteiger partial charge in [0.1, 0.15) is 5.82 Å². The van der Waals surface area contributed by atoms with E-state index in [9.17, 15) is 0 Å². The lowest BCUT2D eigenvalue weighted by atomic mass is 10.0. The second-order valence-corrected chi connectivity index (χ2v) is 5.24. The van der Waals surface area contributed by atoms with Crippen molar-refractivity contribution in [3.8, 4) is 0 Å². The summed E-state index contributed by atoms with van der Waals surface area (Å²) in [7, 11) is 0. The number of nitrogens with one attached hydrogen (secondary N) is 1. The van der Waals surface area contributed by atoms with Gasteiger partial charge in [0, 0.05) is 25.3 Å². The van der Waals surface area contributed by atoms with Crippen LogP contribution in [-0.2, 0) is 6.54 Å². The van der Waals surface area contributed by atoms with Crippen LogP contribution >= 0.6 is 0 Å². The van der Waals surface area contributed by atoms with E-state index in [-0.39, 0.29) is 0 Å². The summed E-state index contributed by atoms with van der Waals surface area (Å²) in [5.74, 6) is 1.15. The smallest absolute Gasteiger partial charge is 0.129 e. The summed E-state index contributed by atoms with van der Waals surface area (Å²) in [5, 5.41) is 3.45. The highest BCUT2D eigenvalue weighted by molar-refractivity contribution is 5.42. The first kappa shape index (κ1) is 13.3. The van der Waals surface area contributed by atoms with Crippen LogP contribution in [0.15, 0.2) is 18.3 Å². The van der Waals surface area contributed by atoms with Crippen molar-refractivity contribution in [1.29, 1.82) is 0 Å². The summed E-state index contributed by atoms with van der Waals surface area (Å²) in [6.07, 6.45) is 7.07. The molecule has 0 amide bonds. The monoisotopic (exact) mass is 247 g/mol. The van der Waals surface area contributed by atoms with E-state index in [1.165, 1.54) is 31.2 Å². The standard InChI is InChI=1S/C15H25N3/c1-3-8-16-12-14-7-9-17-15(11-14)18-10-5-4-6-13(18)2/h7,9,11,13,16H,3-6,8,10,12H2,1-2H3. The molecule has 1 aromatic heterocycles. The molecule has 0 saturated carbocycles. The van der Waals surface area contributed by atoms with Crippen molar-refractivity contribution in [3.05, 3.63) is 23.9 Å². The second-order valence-electron chi connectivity index (χ2n) is 5.24. The maximum absolute atomic E-state index is 4.54. The van der Waals surface area contributed by atoms with Gasteiger partial charge in [-0.05, 0) is 56.8 Å². The van der Waals surface area contributed by atoms with Gasteiger partial charge >= 0.3 is 0 Å². The number of aromatic nitrogens is 1. The highest BCUT2D eigenvalue weighted by Gasteiger charge is 2.19. The van der Waals surface area contributed by atoms with Gasteiger partial charge in [0.25, 0.3) is 0 Å². The molecule has 18 heavy (non-hydrogen) atoms. The van der Waals surface area contributed by atoms with Gasteiger partial charge in [-0.2, -0.15) is 0 Å². The Morgan fingerprint density at radius 3 is 3.11 bits per heavy atom. The van der Waals surface area contributed by atoms with E-state index in [0.717, 1.165) is 25.5 Å². The first-order chi connectivity index (χ1) is 8.81. The lowest BCUT2D eigenvalue weighted by molar-refractivity contribution is 0.481. The third-order valence-corrected chi connectivity index (χ3v) is 3.66. The molecule has 100 valence electrons. The van der Waals surface area contributed by atoms with Crippen molar-refractivity contribution in [1.82, 2.24) is 10.3 Å². The van der Waals surface area contributed by atoms with Crippen molar-refractivity contribution >= 4 is 5.82 Å². The topological polar surface area (TPSA) is 28.2 Å². The number of nitrogens with zero attached hydrogens (tertiary/aromatic N) is 2. The zero-order valence-electron chi connectivity index (χ0n) is 11.7. The van der Waals surface area contributed by atoms with Gasteiger partial charge in [-0.15, -0.1) is 0 Å². The highest BCUT2D eigenvalue weighted by Crippen LogP contribution is 2.23. The van der Waals surface area contributed by atoms with E-state index in [4.69, 9.17) is 0 Å². The Labute approximate surface area is 111 Å².